The average Bonchev–Trinajstić information content (AvgIpc) is 2.47. The Morgan fingerprint density at radius 2 is 1.95 bits per heavy atom. The molecule has 2 aromatic carbocycles. The third-order valence-corrected chi connectivity index (χ3v) is 3.67. The first-order valence-corrected chi connectivity index (χ1v) is 7.30. The van der Waals surface area contributed by atoms with Crippen molar-refractivity contribution in [3.05, 3.63) is 82.6 Å². The number of nitrogens with zero attached hydrogens (tertiary/aromatic N) is 1. The summed E-state index contributed by atoms with van der Waals surface area (Å²) in [6, 6.07) is 13.8. The van der Waals surface area contributed by atoms with Crippen LogP contribution in [0.1, 0.15) is 15.9 Å². The van der Waals surface area contributed by atoms with E-state index in [-0.39, 0.29) is 11.7 Å². The lowest BCUT2D eigenvalue weighted by atomic mass is 10.1. The lowest BCUT2D eigenvalue weighted by Gasteiger charge is -2.22. The predicted octanol–water partition coefficient (Wildman–Crippen LogP) is 4.42. The Labute approximate surface area is 132 Å². The summed E-state index contributed by atoms with van der Waals surface area (Å²) in [5.41, 5.74) is 1.47. The zero-order valence-corrected chi connectivity index (χ0v) is 13.0. The van der Waals surface area contributed by atoms with Crippen LogP contribution in [0.4, 0.5) is 4.39 Å². The highest BCUT2D eigenvalue weighted by Crippen LogP contribution is 2.20. The van der Waals surface area contributed by atoms with Crippen molar-refractivity contribution in [1.82, 2.24) is 4.90 Å². The maximum atomic E-state index is 13.1. The minimum atomic E-state index is -0.378. The average molecular weight is 348 g/mol. The summed E-state index contributed by atoms with van der Waals surface area (Å²) in [5.74, 6) is -0.539. The molecule has 108 valence electrons. The molecule has 0 saturated carbocycles. The molecule has 0 saturated heterocycles. The zero-order chi connectivity index (χ0) is 15.2. The van der Waals surface area contributed by atoms with E-state index < -0.39 is 0 Å². The summed E-state index contributed by atoms with van der Waals surface area (Å²) in [6.45, 7) is 4.60. The fourth-order valence-corrected chi connectivity index (χ4v) is 2.53. The number of hydrogen-bond donors (Lipinski definition) is 0. The Kier molecular flexibility index (Phi) is 5.28. The van der Waals surface area contributed by atoms with Crippen LogP contribution in [0.2, 0.25) is 0 Å². The number of halogens is 2. The molecule has 0 N–H and O–H groups in total. The number of amides is 1. The largest absolute Gasteiger partial charge is 0.331 e. The van der Waals surface area contributed by atoms with E-state index in [1.54, 1.807) is 11.0 Å². The molecular weight excluding hydrogens is 333 g/mol. The molecular formula is C17H15BrFNO. The van der Waals surface area contributed by atoms with E-state index in [1.165, 1.54) is 18.2 Å². The van der Waals surface area contributed by atoms with Crippen LogP contribution < -0.4 is 0 Å². The van der Waals surface area contributed by atoms with Gasteiger partial charge in [0.2, 0.25) is 0 Å². The van der Waals surface area contributed by atoms with Crippen LogP contribution in [0, 0.1) is 5.82 Å². The molecule has 0 unspecified atom stereocenters. The highest BCUT2D eigenvalue weighted by molar-refractivity contribution is 9.10. The number of rotatable bonds is 5. The minimum Gasteiger partial charge on any atom is -0.331 e. The smallest absolute Gasteiger partial charge is 0.255 e. The minimum absolute atomic E-state index is 0.161. The molecule has 0 heterocycles. The highest BCUT2D eigenvalue weighted by atomic mass is 79.9. The molecule has 0 radical (unpaired) electrons. The lowest BCUT2D eigenvalue weighted by molar-refractivity contribution is 0.0761. The van der Waals surface area contributed by atoms with Gasteiger partial charge in [-0.2, -0.15) is 0 Å². The first-order chi connectivity index (χ1) is 10.1. The van der Waals surface area contributed by atoms with Gasteiger partial charge in [0.1, 0.15) is 5.82 Å². The molecule has 4 heteroatoms. The van der Waals surface area contributed by atoms with Gasteiger partial charge in [-0.3, -0.25) is 4.79 Å². The van der Waals surface area contributed by atoms with Crippen molar-refractivity contribution in [2.45, 2.75) is 6.54 Å². The van der Waals surface area contributed by atoms with Crippen LogP contribution in [0.15, 0.2) is 65.7 Å². The van der Waals surface area contributed by atoms with E-state index in [0.29, 0.717) is 23.1 Å². The molecule has 21 heavy (non-hydrogen) atoms. The molecule has 0 spiro atoms. The van der Waals surface area contributed by atoms with Crippen LogP contribution in [0.3, 0.4) is 0 Å². The van der Waals surface area contributed by atoms with Crippen LogP contribution in [0.25, 0.3) is 0 Å². The van der Waals surface area contributed by atoms with E-state index in [4.69, 9.17) is 0 Å². The summed E-state index contributed by atoms with van der Waals surface area (Å²) >= 11 is 3.24. The third-order valence-electron chi connectivity index (χ3n) is 3.01. The quantitative estimate of drug-likeness (QED) is 0.733. The topological polar surface area (TPSA) is 20.3 Å². The highest BCUT2D eigenvalue weighted by Gasteiger charge is 2.17. The fourth-order valence-electron chi connectivity index (χ4n) is 2.01. The zero-order valence-electron chi connectivity index (χ0n) is 11.4. The molecule has 2 nitrogen and oxygen atoms in total. The summed E-state index contributed by atoms with van der Waals surface area (Å²) < 4.78 is 13.6. The second kappa shape index (κ2) is 7.18. The lowest BCUT2D eigenvalue weighted by Crippen LogP contribution is -2.31. The van der Waals surface area contributed by atoms with Crippen molar-refractivity contribution in [2.24, 2.45) is 0 Å². The van der Waals surface area contributed by atoms with Crippen LogP contribution in [-0.2, 0) is 6.54 Å². The summed E-state index contributed by atoms with van der Waals surface area (Å²) in [7, 11) is 0. The van der Waals surface area contributed by atoms with Gasteiger partial charge in [0.15, 0.2) is 0 Å². The second-order valence-electron chi connectivity index (χ2n) is 4.58. The molecule has 0 bridgehead atoms. The van der Waals surface area contributed by atoms with Crippen LogP contribution >= 0.6 is 15.9 Å². The monoisotopic (exact) mass is 347 g/mol. The second-order valence-corrected chi connectivity index (χ2v) is 5.44. The van der Waals surface area contributed by atoms with Crippen molar-refractivity contribution in [3.8, 4) is 0 Å². The van der Waals surface area contributed by atoms with Crippen molar-refractivity contribution < 1.29 is 9.18 Å². The number of hydrogen-bond acceptors (Lipinski definition) is 1. The molecule has 2 aromatic rings. The van der Waals surface area contributed by atoms with Crippen molar-refractivity contribution in [1.29, 1.82) is 0 Å². The maximum Gasteiger partial charge on any atom is 0.255 e. The first-order valence-electron chi connectivity index (χ1n) is 6.51. The van der Waals surface area contributed by atoms with Crippen molar-refractivity contribution in [2.75, 3.05) is 6.54 Å². The van der Waals surface area contributed by atoms with Gasteiger partial charge in [-0.05, 0) is 39.7 Å². The molecule has 0 aliphatic rings. The van der Waals surface area contributed by atoms with Gasteiger partial charge < -0.3 is 4.90 Å². The van der Waals surface area contributed by atoms with E-state index in [2.05, 4.69) is 22.5 Å². The Bertz CT molecular complexity index is 642. The Balaban J connectivity index is 2.25. The standard InChI is InChI=1S/C17H15BrFNO/c1-2-10-20(12-13-6-4-3-5-7-13)17(21)15-9-8-14(19)11-16(15)18/h2-9,11H,1,10,12H2. The molecule has 0 atom stereocenters. The van der Waals surface area contributed by atoms with Gasteiger partial charge in [0, 0.05) is 17.6 Å². The maximum absolute atomic E-state index is 13.1. The van der Waals surface area contributed by atoms with Gasteiger partial charge >= 0.3 is 0 Å². The van der Waals surface area contributed by atoms with Gasteiger partial charge in [-0.15, -0.1) is 6.58 Å². The molecule has 0 aliphatic heterocycles. The Morgan fingerprint density at radius 3 is 2.57 bits per heavy atom. The molecule has 1 amide bonds. The van der Waals surface area contributed by atoms with Crippen LogP contribution in [0.5, 0.6) is 0 Å². The third kappa shape index (κ3) is 4.02. The van der Waals surface area contributed by atoms with Crippen molar-refractivity contribution in [3.63, 3.8) is 0 Å². The van der Waals surface area contributed by atoms with Gasteiger partial charge in [-0.1, -0.05) is 36.4 Å². The van der Waals surface area contributed by atoms with Gasteiger partial charge in [0.05, 0.1) is 5.56 Å². The number of carbonyl (C=O) groups is 1. The fraction of sp³-hybridized carbons (Fsp3) is 0.118. The number of benzene rings is 2. The molecule has 0 aliphatic carbocycles. The number of carbonyl (C=O) groups excluding carboxylic acids is 1. The first kappa shape index (κ1) is 15.4. The summed E-state index contributed by atoms with van der Waals surface area (Å²) in [5, 5.41) is 0. The van der Waals surface area contributed by atoms with E-state index in [1.807, 2.05) is 30.3 Å². The van der Waals surface area contributed by atoms with E-state index in [0.717, 1.165) is 5.56 Å². The van der Waals surface area contributed by atoms with E-state index >= 15 is 0 Å². The van der Waals surface area contributed by atoms with Crippen molar-refractivity contribution >= 4 is 21.8 Å². The Hall–Kier alpha value is -1.94. The summed E-state index contributed by atoms with van der Waals surface area (Å²) in [6.07, 6.45) is 1.68. The van der Waals surface area contributed by atoms with E-state index in [9.17, 15) is 9.18 Å². The van der Waals surface area contributed by atoms with Gasteiger partial charge in [0.25, 0.3) is 5.91 Å². The Morgan fingerprint density at radius 1 is 1.24 bits per heavy atom. The molecule has 0 fully saturated rings. The van der Waals surface area contributed by atoms with Crippen LogP contribution in [-0.4, -0.2) is 17.4 Å². The predicted molar refractivity (Wildman–Crippen MR) is 85.5 cm³/mol. The molecule has 0 aromatic heterocycles. The summed E-state index contributed by atoms with van der Waals surface area (Å²) in [4.78, 5) is 14.3. The normalized spacial score (nSPS) is 10.2. The SMILES string of the molecule is C=CCN(Cc1ccccc1)C(=O)c1ccc(F)cc1Br. The van der Waals surface area contributed by atoms with Gasteiger partial charge in [-0.25, -0.2) is 4.39 Å². The molecule has 2 rings (SSSR count).